The topological polar surface area (TPSA) is 61.0 Å². The SMILES string of the molecule is Cc1cccc(CN)c1OCc1ncccn1. The van der Waals surface area contributed by atoms with Gasteiger partial charge in [0.25, 0.3) is 0 Å². The highest BCUT2D eigenvalue weighted by molar-refractivity contribution is 5.40. The third kappa shape index (κ3) is 2.79. The maximum absolute atomic E-state index is 5.74. The van der Waals surface area contributed by atoms with Crippen LogP contribution in [0.2, 0.25) is 0 Å². The number of nitrogens with zero attached hydrogens (tertiary/aromatic N) is 2. The van der Waals surface area contributed by atoms with E-state index in [9.17, 15) is 0 Å². The minimum absolute atomic E-state index is 0.360. The molecule has 0 atom stereocenters. The minimum atomic E-state index is 0.360. The van der Waals surface area contributed by atoms with Crippen molar-refractivity contribution in [2.24, 2.45) is 5.73 Å². The van der Waals surface area contributed by atoms with E-state index < -0.39 is 0 Å². The van der Waals surface area contributed by atoms with Crippen LogP contribution in [0, 0.1) is 6.92 Å². The summed E-state index contributed by atoms with van der Waals surface area (Å²) in [5, 5.41) is 0. The molecule has 0 unspecified atom stereocenters. The van der Waals surface area contributed by atoms with E-state index in [0.29, 0.717) is 19.0 Å². The Morgan fingerprint density at radius 2 is 1.94 bits per heavy atom. The van der Waals surface area contributed by atoms with E-state index >= 15 is 0 Å². The van der Waals surface area contributed by atoms with Gasteiger partial charge in [-0.2, -0.15) is 0 Å². The molecule has 1 aromatic heterocycles. The largest absolute Gasteiger partial charge is 0.485 e. The van der Waals surface area contributed by atoms with Crippen LogP contribution in [0.5, 0.6) is 5.75 Å². The Morgan fingerprint density at radius 1 is 1.18 bits per heavy atom. The van der Waals surface area contributed by atoms with E-state index in [1.165, 1.54) is 0 Å². The van der Waals surface area contributed by atoms with Crippen molar-refractivity contribution in [3.8, 4) is 5.75 Å². The summed E-state index contributed by atoms with van der Waals surface area (Å²) in [4.78, 5) is 8.22. The lowest BCUT2D eigenvalue weighted by Gasteiger charge is -2.12. The average molecular weight is 229 g/mol. The first-order valence-electron chi connectivity index (χ1n) is 5.48. The van der Waals surface area contributed by atoms with Gasteiger partial charge in [-0.3, -0.25) is 0 Å². The summed E-state index contributed by atoms with van der Waals surface area (Å²) in [7, 11) is 0. The average Bonchev–Trinajstić information content (AvgIpc) is 2.38. The highest BCUT2D eigenvalue weighted by Crippen LogP contribution is 2.23. The van der Waals surface area contributed by atoms with Crippen molar-refractivity contribution >= 4 is 0 Å². The molecule has 1 aromatic carbocycles. The van der Waals surface area contributed by atoms with Crippen molar-refractivity contribution in [2.45, 2.75) is 20.1 Å². The van der Waals surface area contributed by atoms with E-state index in [1.54, 1.807) is 18.5 Å². The van der Waals surface area contributed by atoms with Crippen molar-refractivity contribution in [1.29, 1.82) is 0 Å². The first kappa shape index (κ1) is 11.5. The van der Waals surface area contributed by atoms with Crippen molar-refractivity contribution in [3.63, 3.8) is 0 Å². The lowest BCUT2D eigenvalue weighted by Crippen LogP contribution is -2.06. The van der Waals surface area contributed by atoms with Crippen LogP contribution < -0.4 is 10.5 Å². The first-order valence-corrected chi connectivity index (χ1v) is 5.48. The van der Waals surface area contributed by atoms with Crippen molar-refractivity contribution in [1.82, 2.24) is 9.97 Å². The molecule has 0 saturated heterocycles. The van der Waals surface area contributed by atoms with Crippen molar-refractivity contribution in [2.75, 3.05) is 0 Å². The Morgan fingerprint density at radius 3 is 2.65 bits per heavy atom. The predicted octanol–water partition coefficient (Wildman–Crippen LogP) is 1.82. The fourth-order valence-corrected chi connectivity index (χ4v) is 1.62. The number of aryl methyl sites for hydroxylation is 1. The van der Waals surface area contributed by atoms with Gasteiger partial charge in [-0.05, 0) is 18.6 Å². The Bertz CT molecular complexity index is 485. The fourth-order valence-electron chi connectivity index (χ4n) is 1.62. The van der Waals surface area contributed by atoms with E-state index in [1.807, 2.05) is 25.1 Å². The molecule has 17 heavy (non-hydrogen) atoms. The molecule has 0 spiro atoms. The molecular formula is C13H15N3O. The zero-order valence-electron chi connectivity index (χ0n) is 9.76. The first-order chi connectivity index (χ1) is 8.31. The molecule has 2 N–H and O–H groups in total. The summed E-state index contributed by atoms with van der Waals surface area (Å²) in [5.41, 5.74) is 7.75. The molecule has 88 valence electrons. The smallest absolute Gasteiger partial charge is 0.166 e. The number of rotatable bonds is 4. The van der Waals surface area contributed by atoms with E-state index in [2.05, 4.69) is 9.97 Å². The highest BCUT2D eigenvalue weighted by atomic mass is 16.5. The lowest BCUT2D eigenvalue weighted by molar-refractivity contribution is 0.290. The summed E-state index contributed by atoms with van der Waals surface area (Å²) in [6, 6.07) is 7.72. The Kier molecular flexibility index (Phi) is 3.67. The quantitative estimate of drug-likeness (QED) is 0.868. The van der Waals surface area contributed by atoms with Crippen LogP contribution in [0.15, 0.2) is 36.7 Å². The van der Waals surface area contributed by atoms with Gasteiger partial charge in [0.15, 0.2) is 5.82 Å². The second-order valence-electron chi connectivity index (χ2n) is 3.72. The highest BCUT2D eigenvalue weighted by Gasteiger charge is 2.06. The standard InChI is InChI=1S/C13H15N3O/c1-10-4-2-5-11(8-14)13(10)17-9-12-15-6-3-7-16-12/h2-7H,8-9,14H2,1H3. The van der Waals surface area contributed by atoms with Gasteiger partial charge in [-0.25, -0.2) is 9.97 Å². The maximum Gasteiger partial charge on any atom is 0.166 e. The molecular weight excluding hydrogens is 214 g/mol. The molecule has 2 rings (SSSR count). The number of benzene rings is 1. The second kappa shape index (κ2) is 5.41. The summed E-state index contributed by atoms with van der Waals surface area (Å²) in [6.45, 7) is 2.83. The monoisotopic (exact) mass is 229 g/mol. The molecule has 4 nitrogen and oxygen atoms in total. The summed E-state index contributed by atoms with van der Waals surface area (Å²) >= 11 is 0. The van der Waals surface area contributed by atoms with Crippen LogP contribution in [0.25, 0.3) is 0 Å². The Labute approximate surface area is 100 Å². The van der Waals surface area contributed by atoms with Gasteiger partial charge in [0.1, 0.15) is 12.4 Å². The predicted molar refractivity (Wildman–Crippen MR) is 65.4 cm³/mol. The number of para-hydroxylation sites is 1. The summed E-state index contributed by atoms with van der Waals surface area (Å²) < 4.78 is 5.74. The fraction of sp³-hybridized carbons (Fsp3) is 0.231. The van der Waals surface area contributed by atoms with Gasteiger partial charge in [0.2, 0.25) is 0 Å². The molecule has 0 bridgehead atoms. The van der Waals surface area contributed by atoms with Gasteiger partial charge < -0.3 is 10.5 Å². The van der Waals surface area contributed by atoms with Gasteiger partial charge in [-0.15, -0.1) is 0 Å². The maximum atomic E-state index is 5.74. The third-order valence-corrected chi connectivity index (χ3v) is 2.48. The van der Waals surface area contributed by atoms with Crippen LogP contribution in [0.3, 0.4) is 0 Å². The van der Waals surface area contributed by atoms with Gasteiger partial charge >= 0.3 is 0 Å². The zero-order valence-corrected chi connectivity index (χ0v) is 9.76. The summed E-state index contributed by atoms with van der Waals surface area (Å²) in [5.74, 6) is 1.50. The zero-order chi connectivity index (χ0) is 12.1. The van der Waals surface area contributed by atoms with E-state index in [0.717, 1.165) is 16.9 Å². The van der Waals surface area contributed by atoms with Crippen molar-refractivity contribution in [3.05, 3.63) is 53.6 Å². The number of hydrogen-bond acceptors (Lipinski definition) is 4. The number of ether oxygens (including phenoxy) is 1. The summed E-state index contributed by atoms with van der Waals surface area (Å²) in [6.07, 6.45) is 3.40. The molecule has 0 radical (unpaired) electrons. The van der Waals surface area contributed by atoms with Crippen LogP contribution in [0.4, 0.5) is 0 Å². The van der Waals surface area contributed by atoms with Crippen molar-refractivity contribution < 1.29 is 4.74 Å². The molecule has 0 saturated carbocycles. The molecule has 0 aliphatic heterocycles. The third-order valence-electron chi connectivity index (χ3n) is 2.48. The van der Waals surface area contributed by atoms with Gasteiger partial charge in [0, 0.05) is 24.5 Å². The van der Waals surface area contributed by atoms with Crippen LogP contribution in [-0.4, -0.2) is 9.97 Å². The van der Waals surface area contributed by atoms with Crippen LogP contribution in [-0.2, 0) is 13.2 Å². The van der Waals surface area contributed by atoms with Crippen LogP contribution in [0.1, 0.15) is 17.0 Å². The second-order valence-corrected chi connectivity index (χ2v) is 3.72. The molecule has 0 amide bonds. The van der Waals surface area contributed by atoms with E-state index in [4.69, 9.17) is 10.5 Å². The number of aromatic nitrogens is 2. The molecule has 0 fully saturated rings. The lowest BCUT2D eigenvalue weighted by atomic mass is 10.1. The van der Waals surface area contributed by atoms with Crippen LogP contribution >= 0.6 is 0 Å². The Hall–Kier alpha value is -1.94. The van der Waals surface area contributed by atoms with Gasteiger partial charge in [-0.1, -0.05) is 18.2 Å². The molecule has 1 heterocycles. The molecule has 0 aliphatic carbocycles. The molecule has 0 aliphatic rings. The Balaban J connectivity index is 2.14. The molecule has 2 aromatic rings. The minimum Gasteiger partial charge on any atom is -0.485 e. The number of nitrogens with two attached hydrogens (primary N) is 1. The molecule has 4 heteroatoms. The van der Waals surface area contributed by atoms with Gasteiger partial charge in [0.05, 0.1) is 0 Å². The normalized spacial score (nSPS) is 10.2. The van der Waals surface area contributed by atoms with E-state index in [-0.39, 0.29) is 0 Å². The number of hydrogen-bond donors (Lipinski definition) is 1.